The number of rotatable bonds is 7. The minimum Gasteiger partial charge on any atom is -0.444 e. The van der Waals surface area contributed by atoms with Crippen LogP contribution in [0.15, 0.2) is 55.0 Å². The first-order valence-corrected chi connectivity index (χ1v) is 14.3. The van der Waals surface area contributed by atoms with E-state index in [2.05, 4.69) is 15.3 Å². The maximum absolute atomic E-state index is 12.9. The fourth-order valence-electron chi connectivity index (χ4n) is 5.09. The first-order chi connectivity index (χ1) is 19.8. The molecule has 1 N–H and O–H groups in total. The predicted molar refractivity (Wildman–Crippen MR) is 156 cm³/mol. The molecule has 2 aliphatic heterocycles. The summed E-state index contributed by atoms with van der Waals surface area (Å²) in [6.07, 6.45) is 9.82. The quantitative estimate of drug-likeness (QED) is 0.389. The fraction of sp³-hybridized carbons (Fsp3) is 0.452. The number of ether oxygens (including phenoxy) is 2. The zero-order valence-electron chi connectivity index (χ0n) is 24.0. The van der Waals surface area contributed by atoms with Gasteiger partial charge in [0.05, 0.1) is 12.2 Å². The molecule has 2 amide bonds. The second kappa shape index (κ2) is 12.5. The molecule has 0 bridgehead atoms. The van der Waals surface area contributed by atoms with E-state index in [0.717, 1.165) is 44.3 Å². The zero-order chi connectivity index (χ0) is 28.8. The number of carbonyl (C=O) groups excluding carboxylic acids is 2. The number of pyridine rings is 1. The Bertz CT molecular complexity index is 1340. The lowest BCUT2D eigenvalue weighted by Crippen LogP contribution is -2.42. The summed E-state index contributed by atoms with van der Waals surface area (Å²) in [5.41, 5.74) is 1.45. The molecule has 2 saturated heterocycles. The van der Waals surface area contributed by atoms with E-state index in [1.807, 2.05) is 37.8 Å². The third-order valence-electron chi connectivity index (χ3n) is 7.17. The number of nitrogens with zero attached hydrogens (tertiary/aromatic N) is 5. The highest BCUT2D eigenvalue weighted by Gasteiger charge is 2.32. The first kappa shape index (κ1) is 28.3. The number of likely N-dealkylation sites (tertiary alicyclic amines) is 2. The van der Waals surface area contributed by atoms with Gasteiger partial charge >= 0.3 is 6.09 Å². The van der Waals surface area contributed by atoms with E-state index in [4.69, 9.17) is 14.5 Å². The molecule has 10 nitrogen and oxygen atoms in total. The van der Waals surface area contributed by atoms with Gasteiger partial charge in [0.15, 0.2) is 5.82 Å². The van der Waals surface area contributed by atoms with E-state index in [9.17, 15) is 9.59 Å². The number of carbonyl (C=O) groups is 2. The van der Waals surface area contributed by atoms with Crippen molar-refractivity contribution in [3.63, 3.8) is 0 Å². The van der Waals surface area contributed by atoms with Crippen molar-refractivity contribution in [2.75, 3.05) is 31.5 Å². The average molecular weight is 559 g/mol. The summed E-state index contributed by atoms with van der Waals surface area (Å²) in [6, 6.07) is 10.8. The van der Waals surface area contributed by atoms with Gasteiger partial charge in [0, 0.05) is 49.7 Å². The van der Waals surface area contributed by atoms with E-state index < -0.39 is 5.60 Å². The number of anilines is 1. The van der Waals surface area contributed by atoms with E-state index in [0.29, 0.717) is 41.8 Å². The maximum atomic E-state index is 12.9. The van der Waals surface area contributed by atoms with Crippen molar-refractivity contribution in [3.05, 3.63) is 60.6 Å². The van der Waals surface area contributed by atoms with Crippen LogP contribution in [0.2, 0.25) is 0 Å². The molecule has 1 atom stereocenters. The molecule has 4 heterocycles. The Morgan fingerprint density at radius 1 is 1.00 bits per heavy atom. The molecule has 3 aromatic rings. The molecular weight excluding hydrogens is 520 g/mol. The third kappa shape index (κ3) is 7.31. The Kier molecular flexibility index (Phi) is 8.66. The van der Waals surface area contributed by atoms with Crippen LogP contribution in [0.5, 0.6) is 11.6 Å². The van der Waals surface area contributed by atoms with Gasteiger partial charge in [0.2, 0.25) is 5.88 Å². The average Bonchev–Trinajstić information content (AvgIpc) is 3.46. The Morgan fingerprint density at radius 3 is 2.49 bits per heavy atom. The molecule has 2 fully saturated rings. The van der Waals surface area contributed by atoms with E-state index in [1.54, 1.807) is 47.8 Å². The van der Waals surface area contributed by atoms with Crippen LogP contribution in [0.1, 0.15) is 63.2 Å². The Labute approximate surface area is 241 Å². The first-order valence-electron chi connectivity index (χ1n) is 14.3. The smallest absolute Gasteiger partial charge is 0.410 e. The van der Waals surface area contributed by atoms with Gasteiger partial charge in [-0.1, -0.05) is 0 Å². The SMILES string of the molecule is CC(C)(C)OC(=O)N1CCCC1CNc1cnc(-c2cccnc2)nc1Oc1ccc(C(=O)N2CCCCC2)cc1. The minimum absolute atomic E-state index is 0.0317. The third-order valence-corrected chi connectivity index (χ3v) is 7.17. The molecule has 2 aromatic heterocycles. The molecule has 1 unspecified atom stereocenters. The van der Waals surface area contributed by atoms with E-state index in [1.165, 1.54) is 6.42 Å². The molecule has 0 aliphatic carbocycles. The van der Waals surface area contributed by atoms with Crippen molar-refractivity contribution >= 4 is 17.7 Å². The number of amides is 2. The Morgan fingerprint density at radius 2 is 1.78 bits per heavy atom. The van der Waals surface area contributed by atoms with Gasteiger partial charge < -0.3 is 24.6 Å². The highest BCUT2D eigenvalue weighted by molar-refractivity contribution is 5.94. The van der Waals surface area contributed by atoms with Crippen LogP contribution in [0, 0.1) is 0 Å². The number of hydrogen-bond donors (Lipinski definition) is 1. The number of aromatic nitrogens is 3. The second-order valence-electron chi connectivity index (χ2n) is 11.5. The number of hydrogen-bond acceptors (Lipinski definition) is 8. The van der Waals surface area contributed by atoms with Crippen molar-refractivity contribution in [1.82, 2.24) is 24.8 Å². The summed E-state index contributed by atoms with van der Waals surface area (Å²) in [7, 11) is 0. The molecule has 2 aliphatic rings. The summed E-state index contributed by atoms with van der Waals surface area (Å²) in [4.78, 5) is 42.8. The van der Waals surface area contributed by atoms with Crippen LogP contribution in [-0.2, 0) is 4.74 Å². The summed E-state index contributed by atoms with van der Waals surface area (Å²) in [6.45, 7) is 8.37. The van der Waals surface area contributed by atoms with Gasteiger partial charge in [-0.05, 0) is 89.3 Å². The molecule has 10 heteroatoms. The van der Waals surface area contributed by atoms with Crippen molar-refractivity contribution in [2.24, 2.45) is 0 Å². The van der Waals surface area contributed by atoms with E-state index in [-0.39, 0.29) is 18.0 Å². The lowest BCUT2D eigenvalue weighted by molar-refractivity contribution is 0.0235. The van der Waals surface area contributed by atoms with Crippen LogP contribution >= 0.6 is 0 Å². The molecule has 5 rings (SSSR count). The van der Waals surface area contributed by atoms with Crippen molar-refractivity contribution in [2.45, 2.75) is 64.5 Å². The standard InChI is InChI=1S/C31H38N6O4/c1-31(2,3)41-30(39)37-18-8-10-24(37)20-33-26-21-34-27(23-9-7-15-32-19-23)35-28(26)40-25-13-11-22(12-14-25)29(38)36-16-5-4-6-17-36/h7,9,11-15,19,21,24,33H,4-6,8,10,16-18,20H2,1-3H3. The van der Waals surface area contributed by atoms with Crippen molar-refractivity contribution in [3.8, 4) is 23.0 Å². The summed E-state index contributed by atoms with van der Waals surface area (Å²) >= 11 is 0. The summed E-state index contributed by atoms with van der Waals surface area (Å²) < 4.78 is 11.9. The van der Waals surface area contributed by atoms with Crippen LogP contribution in [0.25, 0.3) is 11.4 Å². The molecular formula is C31H38N6O4. The van der Waals surface area contributed by atoms with Gasteiger partial charge in [-0.15, -0.1) is 0 Å². The van der Waals surface area contributed by atoms with Gasteiger partial charge in [-0.2, -0.15) is 4.98 Å². The second-order valence-corrected chi connectivity index (χ2v) is 11.5. The van der Waals surface area contributed by atoms with E-state index >= 15 is 0 Å². The van der Waals surface area contributed by atoms with Crippen LogP contribution in [0.4, 0.5) is 10.5 Å². The number of nitrogens with one attached hydrogen (secondary N) is 1. The van der Waals surface area contributed by atoms with Gasteiger partial charge in [0.1, 0.15) is 17.0 Å². The molecule has 1 aromatic carbocycles. The number of benzene rings is 1. The van der Waals surface area contributed by atoms with Gasteiger partial charge in [0.25, 0.3) is 5.91 Å². The predicted octanol–water partition coefficient (Wildman–Crippen LogP) is 5.77. The van der Waals surface area contributed by atoms with Gasteiger partial charge in [-0.25, -0.2) is 9.78 Å². The Balaban J connectivity index is 1.33. The minimum atomic E-state index is -0.553. The highest BCUT2D eigenvalue weighted by Crippen LogP contribution is 2.31. The van der Waals surface area contributed by atoms with Crippen LogP contribution in [0.3, 0.4) is 0 Å². The molecule has 0 spiro atoms. The summed E-state index contributed by atoms with van der Waals surface area (Å²) in [5, 5.41) is 3.40. The zero-order valence-corrected chi connectivity index (χ0v) is 24.0. The molecule has 0 radical (unpaired) electrons. The monoisotopic (exact) mass is 558 g/mol. The molecule has 0 saturated carbocycles. The lowest BCUT2D eigenvalue weighted by Gasteiger charge is -2.29. The summed E-state index contributed by atoms with van der Waals surface area (Å²) in [5.74, 6) is 1.42. The Hall–Kier alpha value is -4.21. The van der Waals surface area contributed by atoms with Crippen LogP contribution < -0.4 is 10.1 Å². The maximum Gasteiger partial charge on any atom is 0.410 e. The largest absolute Gasteiger partial charge is 0.444 e. The molecule has 41 heavy (non-hydrogen) atoms. The fourth-order valence-corrected chi connectivity index (χ4v) is 5.09. The topological polar surface area (TPSA) is 110 Å². The van der Waals surface area contributed by atoms with Crippen LogP contribution in [-0.4, -0.2) is 74.6 Å². The van der Waals surface area contributed by atoms with Crippen molar-refractivity contribution in [1.29, 1.82) is 0 Å². The van der Waals surface area contributed by atoms with Gasteiger partial charge in [-0.3, -0.25) is 9.78 Å². The number of piperidine rings is 1. The highest BCUT2D eigenvalue weighted by atomic mass is 16.6. The van der Waals surface area contributed by atoms with Crippen molar-refractivity contribution < 1.29 is 19.1 Å². The molecule has 216 valence electrons. The normalized spacial score (nSPS) is 17.3. The lowest BCUT2D eigenvalue weighted by atomic mass is 10.1.